The Balaban J connectivity index is 1.30. The minimum Gasteiger partial charge on any atom is -0.369 e. The third kappa shape index (κ3) is 3.87. The molecule has 1 saturated heterocycles. The van der Waals surface area contributed by atoms with E-state index in [2.05, 4.69) is 40.1 Å². The molecule has 0 bridgehead atoms. The molecule has 136 valence electrons. The molecule has 2 aliphatic rings. The van der Waals surface area contributed by atoms with Crippen LogP contribution in [-0.2, 0) is 17.8 Å². The lowest BCUT2D eigenvalue weighted by atomic mass is 10.00. The molecule has 1 amide bonds. The van der Waals surface area contributed by atoms with Crippen molar-refractivity contribution in [2.24, 2.45) is 0 Å². The Bertz CT molecular complexity index is 786. The molecule has 0 saturated carbocycles. The van der Waals surface area contributed by atoms with E-state index < -0.39 is 0 Å². The molecule has 0 N–H and O–H groups in total. The second-order valence-electron chi connectivity index (χ2n) is 7.08. The summed E-state index contributed by atoms with van der Waals surface area (Å²) in [5.41, 5.74) is 3.83. The number of hydrogen-bond acceptors (Lipinski definition) is 3. The molecule has 2 aliphatic heterocycles. The van der Waals surface area contributed by atoms with Crippen LogP contribution in [0, 0.1) is 0 Å². The fourth-order valence-corrected chi connectivity index (χ4v) is 4.02. The van der Waals surface area contributed by atoms with E-state index in [0.29, 0.717) is 6.54 Å². The van der Waals surface area contributed by atoms with Crippen molar-refractivity contribution in [2.45, 2.75) is 13.0 Å². The fraction of sp³-hybridized carbons (Fsp3) is 0.381. The first-order chi connectivity index (χ1) is 12.7. The molecular weight excluding hydrogens is 346 g/mol. The fourth-order valence-electron chi connectivity index (χ4n) is 3.84. The van der Waals surface area contributed by atoms with E-state index in [9.17, 15) is 4.79 Å². The molecule has 1 fully saturated rings. The van der Waals surface area contributed by atoms with E-state index in [1.165, 1.54) is 11.1 Å². The van der Waals surface area contributed by atoms with Crippen LogP contribution in [0.5, 0.6) is 0 Å². The summed E-state index contributed by atoms with van der Waals surface area (Å²) in [5, 5.41) is 0.769. The number of piperazine rings is 1. The van der Waals surface area contributed by atoms with Crippen LogP contribution in [-0.4, -0.2) is 55.0 Å². The minimum absolute atomic E-state index is 0.246. The number of amides is 1. The Labute approximate surface area is 160 Å². The van der Waals surface area contributed by atoms with E-state index in [1.807, 2.05) is 23.1 Å². The third-order valence-corrected chi connectivity index (χ3v) is 5.62. The highest BCUT2D eigenvalue weighted by molar-refractivity contribution is 6.30. The van der Waals surface area contributed by atoms with Gasteiger partial charge < -0.3 is 9.80 Å². The molecular formula is C21H24ClN3O. The van der Waals surface area contributed by atoms with Gasteiger partial charge in [-0.2, -0.15) is 0 Å². The molecule has 2 aromatic rings. The van der Waals surface area contributed by atoms with E-state index in [4.69, 9.17) is 11.6 Å². The Kier molecular flexibility index (Phi) is 5.14. The maximum atomic E-state index is 12.7. The average molecular weight is 370 g/mol. The number of nitrogens with zero attached hydrogens (tertiary/aromatic N) is 3. The van der Waals surface area contributed by atoms with Gasteiger partial charge in [0.1, 0.15) is 0 Å². The van der Waals surface area contributed by atoms with Crippen molar-refractivity contribution in [3.8, 4) is 0 Å². The number of rotatable bonds is 3. The van der Waals surface area contributed by atoms with E-state index >= 15 is 0 Å². The second-order valence-corrected chi connectivity index (χ2v) is 7.51. The summed E-state index contributed by atoms with van der Waals surface area (Å²) in [5.74, 6) is 0.246. The number of benzene rings is 2. The van der Waals surface area contributed by atoms with Gasteiger partial charge in [-0.15, -0.1) is 0 Å². The van der Waals surface area contributed by atoms with Crippen molar-refractivity contribution in [2.75, 3.05) is 44.2 Å². The molecule has 2 heterocycles. The van der Waals surface area contributed by atoms with Crippen molar-refractivity contribution < 1.29 is 4.79 Å². The van der Waals surface area contributed by atoms with Gasteiger partial charge in [-0.1, -0.05) is 41.9 Å². The van der Waals surface area contributed by atoms with Crippen LogP contribution in [0.3, 0.4) is 0 Å². The summed E-state index contributed by atoms with van der Waals surface area (Å²) in [6, 6.07) is 16.4. The van der Waals surface area contributed by atoms with Crippen LogP contribution in [0.2, 0.25) is 5.02 Å². The summed E-state index contributed by atoms with van der Waals surface area (Å²) in [6.45, 7) is 5.76. The van der Waals surface area contributed by atoms with Gasteiger partial charge in [0, 0.05) is 50.0 Å². The molecule has 5 heteroatoms. The second kappa shape index (κ2) is 7.68. The van der Waals surface area contributed by atoms with Crippen LogP contribution >= 0.6 is 11.6 Å². The highest BCUT2D eigenvalue weighted by Crippen LogP contribution is 2.21. The molecule has 0 aromatic heterocycles. The Morgan fingerprint density at radius 1 is 0.923 bits per heavy atom. The van der Waals surface area contributed by atoms with Crippen LogP contribution in [0.15, 0.2) is 48.5 Å². The normalized spacial score (nSPS) is 17.9. The number of fused-ring (bicyclic) bond motifs is 1. The third-order valence-electron chi connectivity index (χ3n) is 5.39. The van der Waals surface area contributed by atoms with Crippen LogP contribution < -0.4 is 4.90 Å². The van der Waals surface area contributed by atoms with Crippen LogP contribution in [0.4, 0.5) is 5.69 Å². The van der Waals surface area contributed by atoms with Gasteiger partial charge in [-0.25, -0.2) is 0 Å². The molecule has 2 aromatic carbocycles. The standard InChI is InChI=1S/C21H24ClN3O/c22-19-6-3-7-20(14-19)24-12-10-23(11-13-24)16-21(26)25-9-8-17-4-1-2-5-18(17)15-25/h1-7,14H,8-13,15-16H2. The lowest BCUT2D eigenvalue weighted by Crippen LogP contribution is -2.50. The summed E-state index contributed by atoms with van der Waals surface area (Å²) in [6.07, 6.45) is 0.963. The average Bonchev–Trinajstić information content (AvgIpc) is 2.68. The predicted octanol–water partition coefficient (Wildman–Crippen LogP) is 3.05. The Hall–Kier alpha value is -2.04. The summed E-state index contributed by atoms with van der Waals surface area (Å²) in [4.78, 5) is 19.3. The van der Waals surface area contributed by atoms with Crippen LogP contribution in [0.25, 0.3) is 0 Å². The van der Waals surface area contributed by atoms with Crippen molar-refractivity contribution >= 4 is 23.2 Å². The molecule has 4 nitrogen and oxygen atoms in total. The summed E-state index contributed by atoms with van der Waals surface area (Å²) >= 11 is 6.10. The van der Waals surface area contributed by atoms with Gasteiger partial charge >= 0.3 is 0 Å². The highest BCUT2D eigenvalue weighted by atomic mass is 35.5. The number of hydrogen-bond donors (Lipinski definition) is 0. The molecule has 26 heavy (non-hydrogen) atoms. The quantitative estimate of drug-likeness (QED) is 0.832. The maximum Gasteiger partial charge on any atom is 0.237 e. The molecule has 0 unspecified atom stereocenters. The first-order valence-electron chi connectivity index (χ1n) is 9.26. The lowest BCUT2D eigenvalue weighted by Gasteiger charge is -2.37. The van der Waals surface area contributed by atoms with Crippen LogP contribution in [0.1, 0.15) is 11.1 Å². The monoisotopic (exact) mass is 369 g/mol. The molecule has 4 rings (SSSR count). The summed E-state index contributed by atoms with van der Waals surface area (Å²) < 4.78 is 0. The molecule has 0 atom stereocenters. The van der Waals surface area contributed by atoms with Crippen molar-refractivity contribution in [1.82, 2.24) is 9.80 Å². The zero-order chi connectivity index (χ0) is 17.9. The van der Waals surface area contributed by atoms with Gasteiger partial charge in [0.05, 0.1) is 6.54 Å². The number of halogens is 1. The first kappa shape index (κ1) is 17.4. The topological polar surface area (TPSA) is 26.8 Å². The number of anilines is 1. The Morgan fingerprint density at radius 3 is 2.46 bits per heavy atom. The van der Waals surface area contributed by atoms with Crippen molar-refractivity contribution in [3.05, 3.63) is 64.7 Å². The van der Waals surface area contributed by atoms with Gasteiger partial charge in [0.25, 0.3) is 0 Å². The highest BCUT2D eigenvalue weighted by Gasteiger charge is 2.24. The molecule has 0 aliphatic carbocycles. The van der Waals surface area contributed by atoms with Crippen molar-refractivity contribution in [3.63, 3.8) is 0 Å². The summed E-state index contributed by atoms with van der Waals surface area (Å²) in [7, 11) is 0. The molecule has 0 radical (unpaired) electrons. The molecule has 0 spiro atoms. The lowest BCUT2D eigenvalue weighted by molar-refractivity contribution is -0.133. The maximum absolute atomic E-state index is 12.7. The van der Waals surface area contributed by atoms with Crippen molar-refractivity contribution in [1.29, 1.82) is 0 Å². The van der Waals surface area contributed by atoms with E-state index in [-0.39, 0.29) is 5.91 Å². The number of carbonyl (C=O) groups excluding carboxylic acids is 1. The first-order valence-corrected chi connectivity index (χ1v) is 9.64. The smallest absolute Gasteiger partial charge is 0.237 e. The Morgan fingerprint density at radius 2 is 1.69 bits per heavy atom. The minimum atomic E-state index is 0.246. The zero-order valence-electron chi connectivity index (χ0n) is 14.9. The van der Waals surface area contributed by atoms with E-state index in [0.717, 1.165) is 56.4 Å². The van der Waals surface area contributed by atoms with Gasteiger partial charge in [0.15, 0.2) is 0 Å². The SMILES string of the molecule is O=C(CN1CCN(c2cccc(Cl)c2)CC1)N1CCc2ccccc2C1. The van der Waals surface area contributed by atoms with Gasteiger partial charge in [-0.3, -0.25) is 9.69 Å². The zero-order valence-corrected chi connectivity index (χ0v) is 15.7. The number of carbonyl (C=O) groups is 1. The largest absolute Gasteiger partial charge is 0.369 e. The van der Waals surface area contributed by atoms with Gasteiger partial charge in [0.2, 0.25) is 5.91 Å². The van der Waals surface area contributed by atoms with Gasteiger partial charge in [-0.05, 0) is 35.7 Å². The van der Waals surface area contributed by atoms with E-state index in [1.54, 1.807) is 0 Å². The predicted molar refractivity (Wildman–Crippen MR) is 106 cm³/mol.